The molecule has 1 N–H and O–H groups in total. The van der Waals surface area contributed by atoms with Crippen LogP contribution in [-0.2, 0) is 4.79 Å². The number of hydrogen-bond acceptors (Lipinski definition) is 3. The summed E-state index contributed by atoms with van der Waals surface area (Å²) in [7, 11) is 2.15. The Morgan fingerprint density at radius 1 is 0.903 bits per heavy atom. The van der Waals surface area contributed by atoms with Crippen molar-refractivity contribution < 1.29 is 9.53 Å². The molecule has 4 heteroatoms. The Bertz CT molecular complexity index is 910. The molecule has 1 aliphatic heterocycles. The monoisotopic (exact) mass is 414 g/mol. The van der Waals surface area contributed by atoms with Crippen molar-refractivity contribution in [3.05, 3.63) is 96.1 Å². The van der Waals surface area contributed by atoms with Crippen LogP contribution in [0.3, 0.4) is 0 Å². The van der Waals surface area contributed by atoms with Crippen LogP contribution in [0, 0.1) is 0 Å². The van der Waals surface area contributed by atoms with Crippen molar-refractivity contribution in [2.24, 2.45) is 0 Å². The maximum Gasteiger partial charge on any atom is 0.225 e. The molecule has 1 heterocycles. The summed E-state index contributed by atoms with van der Waals surface area (Å²) in [5.41, 5.74) is 3.08. The van der Waals surface area contributed by atoms with Gasteiger partial charge in [0.1, 0.15) is 11.9 Å². The standard InChI is InChI=1S/C27H30N2O2/c1-29-18-16-25(17-19-29)31-24-14-12-23(13-15-24)28-27(30)20-26(21-8-4-2-5-9-21)22-10-6-3-7-11-22/h2-15,25-26H,16-20H2,1H3,(H,28,30). The Labute approximate surface area is 184 Å². The topological polar surface area (TPSA) is 41.6 Å². The zero-order chi connectivity index (χ0) is 21.5. The molecule has 160 valence electrons. The molecule has 0 aromatic heterocycles. The third kappa shape index (κ3) is 5.96. The summed E-state index contributed by atoms with van der Waals surface area (Å²) in [6.45, 7) is 2.14. The Balaban J connectivity index is 1.38. The molecule has 1 saturated heterocycles. The number of nitrogens with one attached hydrogen (secondary N) is 1. The van der Waals surface area contributed by atoms with E-state index >= 15 is 0 Å². The van der Waals surface area contributed by atoms with Gasteiger partial charge in [-0.2, -0.15) is 0 Å². The number of carbonyl (C=O) groups excluding carboxylic acids is 1. The molecular formula is C27H30N2O2. The zero-order valence-electron chi connectivity index (χ0n) is 18.0. The maximum atomic E-state index is 12.9. The number of nitrogens with zero attached hydrogens (tertiary/aromatic N) is 1. The van der Waals surface area contributed by atoms with E-state index in [0.717, 1.165) is 48.5 Å². The van der Waals surface area contributed by atoms with Crippen LogP contribution in [-0.4, -0.2) is 37.0 Å². The zero-order valence-corrected chi connectivity index (χ0v) is 18.0. The normalized spacial score (nSPS) is 15.0. The molecule has 4 nitrogen and oxygen atoms in total. The molecule has 1 fully saturated rings. The van der Waals surface area contributed by atoms with E-state index in [-0.39, 0.29) is 17.9 Å². The molecule has 1 amide bonds. The third-order valence-corrected chi connectivity index (χ3v) is 5.90. The lowest BCUT2D eigenvalue weighted by molar-refractivity contribution is -0.116. The highest BCUT2D eigenvalue weighted by molar-refractivity contribution is 5.91. The van der Waals surface area contributed by atoms with Gasteiger partial charge in [-0.15, -0.1) is 0 Å². The largest absolute Gasteiger partial charge is 0.490 e. The minimum Gasteiger partial charge on any atom is -0.490 e. The number of carbonyl (C=O) groups is 1. The lowest BCUT2D eigenvalue weighted by atomic mass is 9.88. The Hall–Kier alpha value is -3.11. The van der Waals surface area contributed by atoms with E-state index < -0.39 is 0 Å². The number of benzene rings is 3. The van der Waals surface area contributed by atoms with E-state index in [2.05, 4.69) is 41.5 Å². The van der Waals surface area contributed by atoms with Crippen LogP contribution in [0.15, 0.2) is 84.9 Å². The van der Waals surface area contributed by atoms with E-state index in [1.165, 1.54) is 0 Å². The number of ether oxygens (including phenoxy) is 1. The van der Waals surface area contributed by atoms with E-state index in [1.807, 2.05) is 60.7 Å². The van der Waals surface area contributed by atoms with Gasteiger partial charge in [-0.1, -0.05) is 60.7 Å². The van der Waals surface area contributed by atoms with E-state index in [9.17, 15) is 4.79 Å². The second-order valence-electron chi connectivity index (χ2n) is 8.27. The van der Waals surface area contributed by atoms with Gasteiger partial charge in [-0.05, 0) is 55.3 Å². The van der Waals surface area contributed by atoms with Gasteiger partial charge < -0.3 is 15.0 Å². The summed E-state index contributed by atoms with van der Waals surface area (Å²) in [4.78, 5) is 15.2. The van der Waals surface area contributed by atoms with Gasteiger partial charge in [0.25, 0.3) is 0 Å². The molecule has 0 aliphatic carbocycles. The van der Waals surface area contributed by atoms with Crippen molar-refractivity contribution in [3.63, 3.8) is 0 Å². The second kappa shape index (κ2) is 10.3. The number of hydrogen-bond donors (Lipinski definition) is 1. The summed E-state index contributed by atoms with van der Waals surface area (Å²) in [5, 5.41) is 3.05. The van der Waals surface area contributed by atoms with Crippen molar-refractivity contribution >= 4 is 11.6 Å². The SMILES string of the molecule is CN1CCC(Oc2ccc(NC(=O)CC(c3ccccc3)c3ccccc3)cc2)CC1. The van der Waals surface area contributed by atoms with Crippen LogP contribution < -0.4 is 10.1 Å². The number of anilines is 1. The van der Waals surface area contributed by atoms with Crippen molar-refractivity contribution in [1.29, 1.82) is 0 Å². The fourth-order valence-corrected chi connectivity index (χ4v) is 4.11. The summed E-state index contributed by atoms with van der Waals surface area (Å²) in [5.74, 6) is 0.884. The minimum absolute atomic E-state index is 0.00157. The first-order valence-corrected chi connectivity index (χ1v) is 11.0. The third-order valence-electron chi connectivity index (χ3n) is 5.90. The molecule has 0 bridgehead atoms. The molecule has 0 radical (unpaired) electrons. The van der Waals surface area contributed by atoms with Gasteiger partial charge in [0, 0.05) is 31.1 Å². The molecule has 4 rings (SSSR count). The van der Waals surface area contributed by atoms with Gasteiger partial charge in [-0.25, -0.2) is 0 Å². The molecule has 0 saturated carbocycles. The number of likely N-dealkylation sites (tertiary alicyclic amines) is 1. The molecule has 0 unspecified atom stereocenters. The molecular weight excluding hydrogens is 384 g/mol. The van der Waals surface area contributed by atoms with Gasteiger partial charge in [0.15, 0.2) is 0 Å². The van der Waals surface area contributed by atoms with Crippen LogP contribution in [0.4, 0.5) is 5.69 Å². The Morgan fingerprint density at radius 3 is 2.00 bits per heavy atom. The number of rotatable bonds is 7. The average Bonchev–Trinajstić information content (AvgIpc) is 2.81. The number of piperidine rings is 1. The van der Waals surface area contributed by atoms with Gasteiger partial charge in [-0.3, -0.25) is 4.79 Å². The minimum atomic E-state index is 0.00157. The van der Waals surface area contributed by atoms with Gasteiger partial charge in [0.2, 0.25) is 5.91 Å². The van der Waals surface area contributed by atoms with Crippen LogP contribution in [0.5, 0.6) is 5.75 Å². The quantitative estimate of drug-likeness (QED) is 0.569. The molecule has 0 atom stereocenters. The Morgan fingerprint density at radius 2 is 1.45 bits per heavy atom. The van der Waals surface area contributed by atoms with E-state index in [1.54, 1.807) is 0 Å². The predicted molar refractivity (Wildman–Crippen MR) is 126 cm³/mol. The summed E-state index contributed by atoms with van der Waals surface area (Å²) < 4.78 is 6.10. The lowest BCUT2D eigenvalue weighted by Crippen LogP contribution is -2.35. The van der Waals surface area contributed by atoms with Crippen molar-refractivity contribution in [3.8, 4) is 5.75 Å². The van der Waals surface area contributed by atoms with Crippen LogP contribution >= 0.6 is 0 Å². The first kappa shape index (κ1) is 21.1. The molecule has 1 aliphatic rings. The van der Waals surface area contributed by atoms with Crippen LogP contribution in [0.1, 0.15) is 36.3 Å². The smallest absolute Gasteiger partial charge is 0.225 e. The summed E-state index contributed by atoms with van der Waals surface area (Å²) >= 11 is 0. The highest BCUT2D eigenvalue weighted by atomic mass is 16.5. The summed E-state index contributed by atoms with van der Waals surface area (Å²) in [6.07, 6.45) is 2.76. The van der Waals surface area contributed by atoms with Crippen molar-refractivity contribution in [2.45, 2.75) is 31.3 Å². The molecule has 3 aromatic rings. The molecule has 31 heavy (non-hydrogen) atoms. The maximum absolute atomic E-state index is 12.9. The highest BCUT2D eigenvalue weighted by Crippen LogP contribution is 2.28. The molecule has 3 aromatic carbocycles. The van der Waals surface area contributed by atoms with Crippen LogP contribution in [0.25, 0.3) is 0 Å². The lowest BCUT2D eigenvalue weighted by Gasteiger charge is -2.29. The van der Waals surface area contributed by atoms with Crippen molar-refractivity contribution in [2.75, 3.05) is 25.5 Å². The molecule has 0 spiro atoms. The highest BCUT2D eigenvalue weighted by Gasteiger charge is 2.19. The van der Waals surface area contributed by atoms with Crippen LogP contribution in [0.2, 0.25) is 0 Å². The fourth-order valence-electron chi connectivity index (χ4n) is 4.11. The Kier molecular flexibility index (Phi) is 7.00. The summed E-state index contributed by atoms with van der Waals surface area (Å²) in [6, 6.07) is 28.1. The first-order chi connectivity index (χ1) is 15.2. The first-order valence-electron chi connectivity index (χ1n) is 11.0. The fraction of sp³-hybridized carbons (Fsp3) is 0.296. The van der Waals surface area contributed by atoms with Gasteiger partial charge in [0.05, 0.1) is 0 Å². The van der Waals surface area contributed by atoms with Gasteiger partial charge >= 0.3 is 0 Å². The predicted octanol–water partition coefficient (Wildman–Crippen LogP) is 5.32. The van der Waals surface area contributed by atoms with Crippen molar-refractivity contribution in [1.82, 2.24) is 4.90 Å². The second-order valence-corrected chi connectivity index (χ2v) is 8.27. The van der Waals surface area contributed by atoms with E-state index in [4.69, 9.17) is 4.74 Å². The number of amides is 1. The average molecular weight is 415 g/mol. The van der Waals surface area contributed by atoms with E-state index in [0.29, 0.717) is 6.42 Å².